The summed E-state index contributed by atoms with van der Waals surface area (Å²) in [4.78, 5) is 0. The van der Waals surface area contributed by atoms with Crippen molar-refractivity contribution in [1.29, 1.82) is 0 Å². The number of aryl methyl sites for hydroxylation is 3. The van der Waals surface area contributed by atoms with E-state index in [2.05, 4.69) is 110 Å². The molecule has 6 aromatic carbocycles. The lowest BCUT2D eigenvalue weighted by molar-refractivity contribution is 0.840. The van der Waals surface area contributed by atoms with Crippen molar-refractivity contribution in [3.63, 3.8) is 0 Å². The Hall–Kier alpha value is -3.90. The monoisotopic (exact) mass is 420 g/mol. The lowest BCUT2D eigenvalue weighted by atomic mass is 9.82. The van der Waals surface area contributed by atoms with Gasteiger partial charge in [0.15, 0.2) is 0 Å². The predicted octanol–water partition coefficient (Wildman–Crippen LogP) is 8.89. The molecule has 6 aromatic rings. The molecule has 0 saturated carbocycles. The number of hydrogen-bond acceptors (Lipinski definition) is 0. The van der Waals surface area contributed by atoms with Crippen LogP contribution in [0.5, 0.6) is 0 Å². The zero-order chi connectivity index (χ0) is 21.9. The average Bonchev–Trinajstić information content (AvgIpc) is 2.83. The molecule has 0 aromatic heterocycles. The molecule has 0 radical (unpaired) electrons. The van der Waals surface area contributed by atoms with E-state index in [9.17, 15) is 0 Å². The first-order chi connectivity index (χ1) is 16.3. The van der Waals surface area contributed by atoms with Crippen molar-refractivity contribution < 1.29 is 0 Å². The van der Waals surface area contributed by atoms with Gasteiger partial charge in [0.25, 0.3) is 0 Å². The summed E-state index contributed by atoms with van der Waals surface area (Å²) in [5.41, 5.74) is 9.63. The SMILES string of the molecule is Cc1ccc2c(-c3ccc4c(c3)CC4)c3ccccc3c(-c3ccc4ccccc4c3)c2c1. The maximum absolute atomic E-state index is 2.43. The highest BCUT2D eigenvalue weighted by Crippen LogP contribution is 2.45. The molecule has 156 valence electrons. The van der Waals surface area contributed by atoms with Gasteiger partial charge >= 0.3 is 0 Å². The van der Waals surface area contributed by atoms with Gasteiger partial charge < -0.3 is 0 Å². The molecular weight excluding hydrogens is 396 g/mol. The van der Waals surface area contributed by atoms with Crippen molar-refractivity contribution in [3.8, 4) is 22.3 Å². The highest BCUT2D eigenvalue weighted by Gasteiger charge is 2.19. The molecule has 0 aliphatic heterocycles. The number of fused-ring (bicyclic) bond motifs is 4. The van der Waals surface area contributed by atoms with E-state index >= 15 is 0 Å². The van der Waals surface area contributed by atoms with Crippen molar-refractivity contribution in [2.45, 2.75) is 19.8 Å². The van der Waals surface area contributed by atoms with E-state index in [1.807, 2.05) is 0 Å². The van der Waals surface area contributed by atoms with Gasteiger partial charge in [0.1, 0.15) is 0 Å². The van der Waals surface area contributed by atoms with E-state index in [-0.39, 0.29) is 0 Å². The van der Waals surface area contributed by atoms with Crippen LogP contribution in [0, 0.1) is 6.92 Å². The normalized spacial score (nSPS) is 12.8. The zero-order valence-corrected chi connectivity index (χ0v) is 18.7. The fraction of sp³-hybridized carbons (Fsp3) is 0.0909. The largest absolute Gasteiger partial charge is 0.0616 e. The molecule has 33 heavy (non-hydrogen) atoms. The molecular formula is C33H24. The summed E-state index contributed by atoms with van der Waals surface area (Å²) in [6.07, 6.45) is 2.42. The average molecular weight is 421 g/mol. The van der Waals surface area contributed by atoms with Gasteiger partial charge in [-0.25, -0.2) is 0 Å². The number of rotatable bonds is 2. The molecule has 0 atom stereocenters. The van der Waals surface area contributed by atoms with Crippen molar-refractivity contribution in [2.75, 3.05) is 0 Å². The summed E-state index contributed by atoms with van der Waals surface area (Å²) in [6.45, 7) is 2.20. The van der Waals surface area contributed by atoms with E-state index in [0.717, 1.165) is 0 Å². The van der Waals surface area contributed by atoms with Crippen molar-refractivity contribution in [1.82, 2.24) is 0 Å². The van der Waals surface area contributed by atoms with Crippen LogP contribution in [0.4, 0.5) is 0 Å². The summed E-state index contributed by atoms with van der Waals surface area (Å²) in [5.74, 6) is 0. The summed E-state index contributed by atoms with van der Waals surface area (Å²) >= 11 is 0. The molecule has 0 heterocycles. The van der Waals surface area contributed by atoms with Gasteiger partial charge in [0.05, 0.1) is 0 Å². The van der Waals surface area contributed by atoms with Crippen molar-refractivity contribution in [3.05, 3.63) is 120 Å². The maximum Gasteiger partial charge on any atom is -0.00261 e. The van der Waals surface area contributed by atoms with E-state index in [1.165, 1.54) is 84.1 Å². The first-order valence-corrected chi connectivity index (χ1v) is 11.8. The topological polar surface area (TPSA) is 0 Å². The fourth-order valence-electron chi connectivity index (χ4n) is 5.61. The van der Waals surface area contributed by atoms with Crippen LogP contribution in [0.1, 0.15) is 16.7 Å². The minimum atomic E-state index is 1.20. The van der Waals surface area contributed by atoms with Crippen LogP contribution < -0.4 is 0 Å². The summed E-state index contributed by atoms with van der Waals surface area (Å²) < 4.78 is 0. The first-order valence-electron chi connectivity index (χ1n) is 11.8. The molecule has 0 fully saturated rings. The highest BCUT2D eigenvalue weighted by atomic mass is 14.2. The van der Waals surface area contributed by atoms with Gasteiger partial charge in [0.2, 0.25) is 0 Å². The molecule has 0 N–H and O–H groups in total. The maximum atomic E-state index is 2.43. The van der Waals surface area contributed by atoms with Crippen LogP contribution in [0.2, 0.25) is 0 Å². The Labute approximate surface area is 194 Å². The van der Waals surface area contributed by atoms with E-state index in [0.29, 0.717) is 0 Å². The first kappa shape index (κ1) is 18.7. The Kier molecular flexibility index (Phi) is 3.98. The van der Waals surface area contributed by atoms with Crippen LogP contribution in [-0.4, -0.2) is 0 Å². The number of hydrogen-bond donors (Lipinski definition) is 0. The van der Waals surface area contributed by atoms with Gasteiger partial charge in [-0.05, 0) is 91.5 Å². The molecule has 1 aliphatic carbocycles. The molecule has 0 amide bonds. The second kappa shape index (κ2) is 7.05. The Balaban J connectivity index is 1.63. The minimum Gasteiger partial charge on any atom is -0.0616 e. The van der Waals surface area contributed by atoms with E-state index in [1.54, 1.807) is 0 Å². The third kappa shape index (κ3) is 2.84. The molecule has 0 nitrogen and oxygen atoms in total. The van der Waals surface area contributed by atoms with E-state index in [4.69, 9.17) is 0 Å². The Morgan fingerprint density at radius 1 is 0.455 bits per heavy atom. The third-order valence-electron chi connectivity index (χ3n) is 7.38. The second-order valence-corrected chi connectivity index (χ2v) is 9.39. The predicted molar refractivity (Wildman–Crippen MR) is 142 cm³/mol. The van der Waals surface area contributed by atoms with Crippen LogP contribution in [0.3, 0.4) is 0 Å². The standard InChI is InChI=1S/C33H24/c1-21-10-17-30-31(18-21)33(27-15-12-22-6-2-3-7-24(22)19-27)29-9-5-4-8-28(29)32(30)26-16-13-23-11-14-25(23)20-26/h2-10,12-13,15-20H,11,14H2,1H3. The molecule has 0 bridgehead atoms. The second-order valence-electron chi connectivity index (χ2n) is 9.39. The Bertz CT molecular complexity index is 1720. The Morgan fingerprint density at radius 3 is 1.85 bits per heavy atom. The third-order valence-corrected chi connectivity index (χ3v) is 7.38. The fourth-order valence-corrected chi connectivity index (χ4v) is 5.61. The van der Waals surface area contributed by atoms with Gasteiger partial charge in [0, 0.05) is 0 Å². The molecule has 0 saturated heterocycles. The van der Waals surface area contributed by atoms with Gasteiger partial charge in [-0.15, -0.1) is 0 Å². The molecule has 0 heteroatoms. The van der Waals surface area contributed by atoms with Crippen LogP contribution in [0.25, 0.3) is 54.6 Å². The zero-order valence-electron chi connectivity index (χ0n) is 18.7. The quantitative estimate of drug-likeness (QED) is 0.245. The summed E-state index contributed by atoms with van der Waals surface area (Å²) in [6, 6.07) is 38.5. The van der Waals surface area contributed by atoms with Crippen LogP contribution >= 0.6 is 0 Å². The molecule has 1 aliphatic rings. The smallest absolute Gasteiger partial charge is 0.00261 e. The van der Waals surface area contributed by atoms with Crippen molar-refractivity contribution in [2.24, 2.45) is 0 Å². The summed E-state index contributed by atoms with van der Waals surface area (Å²) in [5, 5.41) is 7.89. The Morgan fingerprint density at radius 2 is 1.09 bits per heavy atom. The van der Waals surface area contributed by atoms with Gasteiger partial charge in [-0.1, -0.05) is 103 Å². The van der Waals surface area contributed by atoms with Crippen LogP contribution in [-0.2, 0) is 12.8 Å². The van der Waals surface area contributed by atoms with Gasteiger partial charge in [-0.3, -0.25) is 0 Å². The molecule has 0 spiro atoms. The number of benzene rings is 6. The minimum absolute atomic E-state index is 1.20. The molecule has 0 unspecified atom stereocenters. The molecule has 7 rings (SSSR count). The lowest BCUT2D eigenvalue weighted by Crippen LogP contribution is -2.07. The summed E-state index contributed by atoms with van der Waals surface area (Å²) in [7, 11) is 0. The van der Waals surface area contributed by atoms with Gasteiger partial charge in [-0.2, -0.15) is 0 Å². The van der Waals surface area contributed by atoms with E-state index < -0.39 is 0 Å². The lowest BCUT2D eigenvalue weighted by Gasteiger charge is -2.22. The van der Waals surface area contributed by atoms with Crippen molar-refractivity contribution >= 4 is 32.3 Å². The highest BCUT2D eigenvalue weighted by molar-refractivity contribution is 6.21. The van der Waals surface area contributed by atoms with Crippen LogP contribution in [0.15, 0.2) is 103 Å².